The second-order valence-corrected chi connectivity index (χ2v) is 6.55. The Balaban J connectivity index is 1.42. The molecule has 1 unspecified atom stereocenters. The van der Waals surface area contributed by atoms with E-state index in [4.69, 9.17) is 9.15 Å². The van der Waals surface area contributed by atoms with E-state index >= 15 is 0 Å². The quantitative estimate of drug-likeness (QED) is 0.777. The van der Waals surface area contributed by atoms with Crippen molar-refractivity contribution in [2.75, 3.05) is 13.2 Å². The number of aromatic nitrogens is 1. The first kappa shape index (κ1) is 13.9. The van der Waals surface area contributed by atoms with Gasteiger partial charge in [-0.25, -0.2) is 4.98 Å². The van der Waals surface area contributed by atoms with Crippen molar-refractivity contribution in [3.8, 4) is 10.8 Å². The molecule has 2 aromatic heterocycles. The summed E-state index contributed by atoms with van der Waals surface area (Å²) in [5, 5.41) is 4.34. The lowest BCUT2D eigenvalue weighted by molar-refractivity contribution is 0.109. The largest absolute Gasteiger partial charge is 0.457 e. The van der Waals surface area contributed by atoms with Crippen molar-refractivity contribution in [2.45, 2.75) is 25.5 Å². The van der Waals surface area contributed by atoms with Crippen LogP contribution in [0.2, 0.25) is 0 Å². The van der Waals surface area contributed by atoms with Crippen molar-refractivity contribution in [1.29, 1.82) is 0 Å². The summed E-state index contributed by atoms with van der Waals surface area (Å²) in [6.07, 6.45) is 2.69. The van der Waals surface area contributed by atoms with Crippen molar-refractivity contribution < 1.29 is 9.15 Å². The van der Waals surface area contributed by atoms with Gasteiger partial charge in [0.2, 0.25) is 0 Å². The summed E-state index contributed by atoms with van der Waals surface area (Å²) in [7, 11) is 0. The van der Waals surface area contributed by atoms with Crippen LogP contribution >= 0.6 is 11.3 Å². The Hall–Kier alpha value is -1.69. The van der Waals surface area contributed by atoms with E-state index in [1.165, 1.54) is 11.1 Å². The molecule has 0 radical (unpaired) electrons. The molecule has 3 heterocycles. The van der Waals surface area contributed by atoms with Crippen LogP contribution in [0.5, 0.6) is 0 Å². The average Bonchev–Trinajstić information content (AvgIpc) is 3.27. The Morgan fingerprint density at radius 2 is 2.18 bits per heavy atom. The molecule has 114 valence electrons. The third-order valence-electron chi connectivity index (χ3n) is 3.86. The minimum atomic E-state index is 0.360. The molecule has 0 aliphatic carbocycles. The summed E-state index contributed by atoms with van der Waals surface area (Å²) < 4.78 is 12.7. The molecule has 0 saturated carbocycles. The van der Waals surface area contributed by atoms with Crippen LogP contribution in [-0.4, -0.2) is 24.2 Å². The standard InChI is InChI=1S/C17H18N2O2S/c1-2-6-16-14(5-1)19-17(22-16)15-8-7-13(21-15)11-18-10-12-4-3-9-20-12/h1-2,5-8,12,18H,3-4,9-11H2. The number of thiazole rings is 1. The lowest BCUT2D eigenvalue weighted by Gasteiger charge is -2.09. The fourth-order valence-corrected chi connectivity index (χ4v) is 3.65. The predicted octanol–water partition coefficient (Wildman–Crippen LogP) is 3.82. The van der Waals surface area contributed by atoms with Crippen LogP contribution in [0.1, 0.15) is 18.6 Å². The van der Waals surface area contributed by atoms with Crippen LogP contribution in [0, 0.1) is 0 Å². The van der Waals surface area contributed by atoms with Gasteiger partial charge in [-0.3, -0.25) is 0 Å². The minimum absolute atomic E-state index is 0.360. The predicted molar refractivity (Wildman–Crippen MR) is 88.0 cm³/mol. The molecule has 4 rings (SSSR count). The van der Waals surface area contributed by atoms with Crippen LogP contribution < -0.4 is 5.32 Å². The third-order valence-corrected chi connectivity index (χ3v) is 4.91. The Morgan fingerprint density at radius 3 is 3.05 bits per heavy atom. The Bertz CT molecular complexity index is 726. The van der Waals surface area contributed by atoms with Crippen LogP contribution in [0.15, 0.2) is 40.8 Å². The molecule has 1 aliphatic rings. The number of nitrogens with one attached hydrogen (secondary N) is 1. The van der Waals surface area contributed by atoms with Gasteiger partial charge < -0.3 is 14.5 Å². The third kappa shape index (κ3) is 2.92. The van der Waals surface area contributed by atoms with Crippen molar-refractivity contribution >= 4 is 21.6 Å². The number of rotatable bonds is 5. The zero-order chi connectivity index (χ0) is 14.8. The first-order valence-electron chi connectivity index (χ1n) is 7.65. The Morgan fingerprint density at radius 1 is 1.23 bits per heavy atom. The fourth-order valence-electron chi connectivity index (χ4n) is 2.73. The number of para-hydroxylation sites is 1. The van der Waals surface area contributed by atoms with Gasteiger partial charge in [0, 0.05) is 13.2 Å². The van der Waals surface area contributed by atoms with Crippen LogP contribution in [-0.2, 0) is 11.3 Å². The summed E-state index contributed by atoms with van der Waals surface area (Å²) in [6, 6.07) is 12.2. The normalized spacial score (nSPS) is 18.3. The van der Waals surface area contributed by atoms with E-state index < -0.39 is 0 Å². The van der Waals surface area contributed by atoms with Gasteiger partial charge in [0.1, 0.15) is 5.76 Å². The van der Waals surface area contributed by atoms with E-state index in [2.05, 4.69) is 16.4 Å². The van der Waals surface area contributed by atoms with Crippen molar-refractivity contribution in [2.24, 2.45) is 0 Å². The molecule has 0 spiro atoms. The van der Waals surface area contributed by atoms with Gasteiger partial charge in [0.15, 0.2) is 10.8 Å². The summed E-state index contributed by atoms with van der Waals surface area (Å²) in [5.74, 6) is 1.78. The Kier molecular flexibility index (Phi) is 3.93. The minimum Gasteiger partial charge on any atom is -0.457 e. The number of benzene rings is 1. The molecule has 0 amide bonds. The van der Waals surface area contributed by atoms with E-state index in [1.54, 1.807) is 11.3 Å². The number of furan rings is 1. The molecule has 1 aromatic carbocycles. The van der Waals surface area contributed by atoms with Crippen molar-refractivity contribution in [1.82, 2.24) is 10.3 Å². The van der Waals surface area contributed by atoms with Gasteiger partial charge in [-0.15, -0.1) is 11.3 Å². The number of hydrogen-bond donors (Lipinski definition) is 1. The summed E-state index contributed by atoms with van der Waals surface area (Å²) in [6.45, 7) is 2.51. The highest BCUT2D eigenvalue weighted by atomic mass is 32.1. The number of hydrogen-bond acceptors (Lipinski definition) is 5. The lowest BCUT2D eigenvalue weighted by atomic mass is 10.2. The van der Waals surface area contributed by atoms with E-state index in [-0.39, 0.29) is 0 Å². The molecule has 1 saturated heterocycles. The zero-order valence-electron chi connectivity index (χ0n) is 12.2. The van der Waals surface area contributed by atoms with Gasteiger partial charge in [-0.2, -0.15) is 0 Å². The molecule has 1 N–H and O–H groups in total. The van der Waals surface area contributed by atoms with Gasteiger partial charge in [0.25, 0.3) is 0 Å². The topological polar surface area (TPSA) is 47.3 Å². The highest BCUT2D eigenvalue weighted by molar-refractivity contribution is 7.21. The summed E-state index contributed by atoms with van der Waals surface area (Å²) in [4.78, 5) is 4.62. The molecule has 1 atom stereocenters. The number of nitrogens with zero attached hydrogens (tertiary/aromatic N) is 1. The maximum Gasteiger partial charge on any atom is 0.163 e. The molecule has 3 aromatic rings. The number of fused-ring (bicyclic) bond motifs is 1. The van der Waals surface area contributed by atoms with E-state index in [0.717, 1.165) is 48.2 Å². The molecule has 22 heavy (non-hydrogen) atoms. The molecule has 0 bridgehead atoms. The van der Waals surface area contributed by atoms with Crippen molar-refractivity contribution in [3.63, 3.8) is 0 Å². The zero-order valence-corrected chi connectivity index (χ0v) is 13.1. The first-order valence-corrected chi connectivity index (χ1v) is 8.47. The maximum atomic E-state index is 5.91. The molecule has 1 fully saturated rings. The summed E-state index contributed by atoms with van der Waals surface area (Å²) in [5.41, 5.74) is 1.02. The Labute approximate surface area is 133 Å². The van der Waals surface area contributed by atoms with Gasteiger partial charge in [-0.05, 0) is 37.1 Å². The fraction of sp³-hybridized carbons (Fsp3) is 0.353. The van der Waals surface area contributed by atoms with E-state index in [1.807, 2.05) is 30.3 Å². The molecule has 1 aliphatic heterocycles. The molecule has 4 nitrogen and oxygen atoms in total. The second kappa shape index (κ2) is 6.20. The highest BCUT2D eigenvalue weighted by Gasteiger charge is 2.15. The van der Waals surface area contributed by atoms with Crippen LogP contribution in [0.3, 0.4) is 0 Å². The summed E-state index contributed by atoms with van der Waals surface area (Å²) >= 11 is 1.66. The molecular formula is C17H18N2O2S. The van der Waals surface area contributed by atoms with Gasteiger partial charge in [0.05, 0.1) is 22.9 Å². The average molecular weight is 314 g/mol. The van der Waals surface area contributed by atoms with Gasteiger partial charge in [-0.1, -0.05) is 12.1 Å². The van der Waals surface area contributed by atoms with E-state index in [9.17, 15) is 0 Å². The maximum absolute atomic E-state index is 5.91. The second-order valence-electron chi connectivity index (χ2n) is 5.52. The van der Waals surface area contributed by atoms with Gasteiger partial charge >= 0.3 is 0 Å². The van der Waals surface area contributed by atoms with E-state index in [0.29, 0.717) is 6.10 Å². The van der Waals surface area contributed by atoms with Crippen LogP contribution in [0.25, 0.3) is 21.0 Å². The highest BCUT2D eigenvalue weighted by Crippen LogP contribution is 2.31. The van der Waals surface area contributed by atoms with Crippen molar-refractivity contribution in [3.05, 3.63) is 42.2 Å². The molecular weight excluding hydrogens is 296 g/mol. The lowest BCUT2D eigenvalue weighted by Crippen LogP contribution is -2.25. The first-order chi connectivity index (χ1) is 10.9. The van der Waals surface area contributed by atoms with Crippen LogP contribution in [0.4, 0.5) is 0 Å². The molecule has 5 heteroatoms. The smallest absolute Gasteiger partial charge is 0.163 e. The number of ether oxygens (including phenoxy) is 1. The SMILES string of the molecule is c1ccc2sc(-c3ccc(CNCC4CCCO4)o3)nc2c1. The monoisotopic (exact) mass is 314 g/mol.